The second-order valence-corrected chi connectivity index (χ2v) is 7.81. The summed E-state index contributed by atoms with van der Waals surface area (Å²) < 4.78 is 5.34. The van der Waals surface area contributed by atoms with Gasteiger partial charge in [-0.2, -0.15) is 0 Å². The predicted octanol–water partition coefficient (Wildman–Crippen LogP) is 1.46. The molecule has 1 aromatic heterocycles. The molecule has 1 aromatic rings. The van der Waals surface area contributed by atoms with Crippen LogP contribution in [0.5, 0.6) is 0 Å². The highest BCUT2D eigenvalue weighted by Crippen LogP contribution is 2.23. The Balaban J connectivity index is 1.50. The first-order chi connectivity index (χ1) is 11.1. The first kappa shape index (κ1) is 16.9. The third kappa shape index (κ3) is 3.94. The van der Waals surface area contributed by atoms with Crippen LogP contribution in [-0.2, 0) is 22.5 Å². The van der Waals surface area contributed by atoms with Crippen molar-refractivity contribution in [2.45, 2.75) is 38.3 Å². The third-order valence-corrected chi connectivity index (χ3v) is 6.13. The van der Waals surface area contributed by atoms with Gasteiger partial charge in [-0.15, -0.1) is 11.3 Å². The van der Waals surface area contributed by atoms with Crippen LogP contribution in [0.1, 0.15) is 29.5 Å². The fraction of sp³-hybridized carbons (Fsp3) is 0.706. The molecular weight excluding hydrogens is 310 g/mol. The number of piperazine rings is 1. The van der Waals surface area contributed by atoms with Gasteiger partial charge in [0.1, 0.15) is 0 Å². The van der Waals surface area contributed by atoms with Gasteiger partial charge in [-0.25, -0.2) is 0 Å². The van der Waals surface area contributed by atoms with Gasteiger partial charge in [0.15, 0.2) is 0 Å². The minimum absolute atomic E-state index is 0.116. The number of nitrogens with two attached hydrogens (primary N) is 1. The largest absolute Gasteiger partial charge is 0.381 e. The van der Waals surface area contributed by atoms with Crippen molar-refractivity contribution in [1.29, 1.82) is 0 Å². The normalized spacial score (nSPS) is 22.3. The van der Waals surface area contributed by atoms with Crippen molar-refractivity contribution in [3.8, 4) is 0 Å². The Morgan fingerprint density at radius 1 is 1.22 bits per heavy atom. The Morgan fingerprint density at radius 2 is 1.87 bits per heavy atom. The second kappa shape index (κ2) is 7.30. The lowest BCUT2D eigenvalue weighted by Gasteiger charge is -2.40. The van der Waals surface area contributed by atoms with Crippen molar-refractivity contribution in [2.75, 3.05) is 39.4 Å². The van der Waals surface area contributed by atoms with Gasteiger partial charge in [-0.1, -0.05) is 6.92 Å². The zero-order valence-corrected chi connectivity index (χ0v) is 14.7. The van der Waals surface area contributed by atoms with Crippen LogP contribution in [0.2, 0.25) is 0 Å². The van der Waals surface area contributed by atoms with Gasteiger partial charge < -0.3 is 15.4 Å². The van der Waals surface area contributed by atoms with Crippen molar-refractivity contribution in [2.24, 2.45) is 5.73 Å². The van der Waals surface area contributed by atoms with Gasteiger partial charge >= 0.3 is 0 Å². The van der Waals surface area contributed by atoms with E-state index in [1.165, 1.54) is 9.75 Å². The van der Waals surface area contributed by atoms with E-state index in [4.69, 9.17) is 10.5 Å². The highest BCUT2D eigenvalue weighted by Gasteiger charge is 2.39. The maximum absolute atomic E-state index is 12.7. The maximum atomic E-state index is 12.7. The van der Waals surface area contributed by atoms with E-state index in [-0.39, 0.29) is 5.91 Å². The van der Waals surface area contributed by atoms with Gasteiger partial charge in [-0.3, -0.25) is 9.69 Å². The van der Waals surface area contributed by atoms with E-state index in [0.29, 0.717) is 26.1 Å². The summed E-state index contributed by atoms with van der Waals surface area (Å²) in [5.74, 6) is 0.116. The molecule has 0 aromatic carbocycles. The van der Waals surface area contributed by atoms with E-state index in [0.717, 1.165) is 39.1 Å². The average molecular weight is 337 g/mol. The van der Waals surface area contributed by atoms with Crippen molar-refractivity contribution in [3.05, 3.63) is 21.9 Å². The fourth-order valence-electron chi connectivity index (χ4n) is 3.29. The number of rotatable bonds is 4. The molecule has 0 spiro atoms. The zero-order chi connectivity index (χ0) is 16.3. The van der Waals surface area contributed by atoms with Crippen LogP contribution in [0.4, 0.5) is 0 Å². The molecule has 0 radical (unpaired) electrons. The number of hydrogen-bond acceptors (Lipinski definition) is 5. The molecule has 0 atom stereocenters. The van der Waals surface area contributed by atoms with Crippen molar-refractivity contribution < 1.29 is 9.53 Å². The highest BCUT2D eigenvalue weighted by atomic mass is 32.1. The predicted molar refractivity (Wildman–Crippen MR) is 92.5 cm³/mol. The second-order valence-electron chi connectivity index (χ2n) is 6.56. The number of ether oxygens (including phenoxy) is 1. The molecule has 0 bridgehead atoms. The summed E-state index contributed by atoms with van der Waals surface area (Å²) in [6.07, 6.45) is 2.39. The first-order valence-corrected chi connectivity index (χ1v) is 9.38. The number of carbonyl (C=O) groups is 1. The quantitative estimate of drug-likeness (QED) is 0.904. The van der Waals surface area contributed by atoms with Gasteiger partial charge in [0.05, 0.1) is 5.54 Å². The molecule has 23 heavy (non-hydrogen) atoms. The molecule has 2 N–H and O–H groups in total. The number of nitrogens with zero attached hydrogens (tertiary/aromatic N) is 2. The van der Waals surface area contributed by atoms with Gasteiger partial charge in [0.2, 0.25) is 5.91 Å². The number of carbonyl (C=O) groups excluding carboxylic acids is 1. The molecule has 1 amide bonds. The molecule has 2 saturated heterocycles. The lowest BCUT2D eigenvalue weighted by molar-refractivity contribution is -0.142. The Kier molecular flexibility index (Phi) is 5.36. The monoisotopic (exact) mass is 337 g/mol. The van der Waals surface area contributed by atoms with Crippen LogP contribution in [-0.4, -0.2) is 60.6 Å². The van der Waals surface area contributed by atoms with E-state index < -0.39 is 5.54 Å². The van der Waals surface area contributed by atoms with E-state index in [1.807, 2.05) is 16.2 Å². The maximum Gasteiger partial charge on any atom is 0.242 e. The van der Waals surface area contributed by atoms with E-state index >= 15 is 0 Å². The molecule has 3 heterocycles. The van der Waals surface area contributed by atoms with Crippen LogP contribution < -0.4 is 5.73 Å². The number of thiophene rings is 1. The lowest BCUT2D eigenvalue weighted by Crippen LogP contribution is -2.61. The Morgan fingerprint density at radius 3 is 2.48 bits per heavy atom. The topological polar surface area (TPSA) is 58.8 Å². The number of amides is 1. The average Bonchev–Trinajstić information content (AvgIpc) is 3.03. The molecular formula is C17H27N3O2S. The van der Waals surface area contributed by atoms with Gasteiger partial charge in [0.25, 0.3) is 0 Å². The Labute approximate surface area is 142 Å². The van der Waals surface area contributed by atoms with Crippen LogP contribution in [0.25, 0.3) is 0 Å². The standard InChI is InChI=1S/C17H27N3O2S/c1-2-14-3-4-15(23-14)13-19-7-9-20(10-8-19)16(21)17(18)5-11-22-12-6-17/h3-4H,2,5-13,18H2,1H3. The molecule has 2 aliphatic rings. The van der Waals surface area contributed by atoms with Crippen molar-refractivity contribution in [3.63, 3.8) is 0 Å². The van der Waals surface area contributed by atoms with Crippen LogP contribution in [0, 0.1) is 0 Å². The zero-order valence-electron chi connectivity index (χ0n) is 13.9. The molecule has 2 aliphatic heterocycles. The van der Waals surface area contributed by atoms with Crippen molar-refractivity contribution >= 4 is 17.2 Å². The summed E-state index contributed by atoms with van der Waals surface area (Å²) in [5.41, 5.74) is 5.62. The first-order valence-electron chi connectivity index (χ1n) is 8.57. The lowest BCUT2D eigenvalue weighted by atomic mass is 9.89. The number of aryl methyl sites for hydroxylation is 1. The summed E-state index contributed by atoms with van der Waals surface area (Å²) in [5, 5.41) is 0. The number of hydrogen-bond donors (Lipinski definition) is 1. The van der Waals surface area contributed by atoms with Crippen LogP contribution in [0.15, 0.2) is 12.1 Å². The SMILES string of the molecule is CCc1ccc(CN2CCN(C(=O)C3(N)CCOCC3)CC2)s1. The minimum Gasteiger partial charge on any atom is -0.381 e. The Hall–Kier alpha value is -0.950. The van der Waals surface area contributed by atoms with E-state index in [2.05, 4.69) is 24.0 Å². The highest BCUT2D eigenvalue weighted by molar-refractivity contribution is 7.11. The van der Waals surface area contributed by atoms with Gasteiger partial charge in [0, 0.05) is 55.7 Å². The van der Waals surface area contributed by atoms with Crippen LogP contribution in [0.3, 0.4) is 0 Å². The molecule has 0 saturated carbocycles. The summed E-state index contributed by atoms with van der Waals surface area (Å²) in [6, 6.07) is 4.46. The third-order valence-electron chi connectivity index (χ3n) is 4.92. The van der Waals surface area contributed by atoms with E-state index in [1.54, 1.807) is 0 Å². The summed E-state index contributed by atoms with van der Waals surface area (Å²) >= 11 is 1.90. The Bertz CT molecular complexity index is 532. The molecule has 2 fully saturated rings. The molecule has 5 nitrogen and oxygen atoms in total. The summed E-state index contributed by atoms with van der Waals surface area (Å²) in [4.78, 5) is 20.0. The van der Waals surface area contributed by atoms with Gasteiger partial charge in [-0.05, 0) is 31.4 Å². The molecule has 128 valence electrons. The van der Waals surface area contributed by atoms with Crippen molar-refractivity contribution in [1.82, 2.24) is 9.80 Å². The summed E-state index contributed by atoms with van der Waals surface area (Å²) in [7, 11) is 0. The molecule has 0 aliphatic carbocycles. The summed E-state index contributed by atoms with van der Waals surface area (Å²) in [6.45, 7) is 7.80. The molecule has 0 unspecified atom stereocenters. The molecule has 6 heteroatoms. The smallest absolute Gasteiger partial charge is 0.242 e. The molecule has 3 rings (SSSR count). The minimum atomic E-state index is -0.704. The van der Waals surface area contributed by atoms with E-state index in [9.17, 15) is 4.79 Å². The fourth-order valence-corrected chi connectivity index (χ4v) is 4.29. The van der Waals surface area contributed by atoms with Crippen LogP contribution >= 0.6 is 11.3 Å².